The number of aliphatic carboxylic acids is 2. The van der Waals surface area contributed by atoms with Crippen LogP contribution in [-0.4, -0.2) is 83.3 Å². The van der Waals surface area contributed by atoms with Gasteiger partial charge >= 0.3 is 29.8 Å². The predicted octanol–water partition coefficient (Wildman–Crippen LogP) is 6.76. The van der Waals surface area contributed by atoms with Gasteiger partial charge in [0.15, 0.2) is 0 Å². The van der Waals surface area contributed by atoms with Gasteiger partial charge in [0.2, 0.25) is 11.8 Å². The molecule has 1 aromatic carbocycles. The molecule has 1 aromatic rings. The maximum atomic E-state index is 11.6. The molecule has 0 saturated heterocycles. The van der Waals surface area contributed by atoms with E-state index in [0.29, 0.717) is 30.7 Å². The lowest BCUT2D eigenvalue weighted by Gasteiger charge is -2.21. The van der Waals surface area contributed by atoms with Crippen molar-refractivity contribution in [1.29, 1.82) is 0 Å². The van der Waals surface area contributed by atoms with Crippen molar-refractivity contribution < 1.29 is 63.1 Å². The lowest BCUT2D eigenvalue weighted by molar-refractivity contribution is -0.159. The number of aryl methyl sites for hydroxylation is 1. The summed E-state index contributed by atoms with van der Waals surface area (Å²) in [5, 5.41) is 28.3. The molecule has 1 atom stereocenters. The summed E-state index contributed by atoms with van der Waals surface area (Å²) in [5.74, 6) is -3.01. The first-order chi connectivity index (χ1) is 26.1. The Morgan fingerprint density at radius 2 is 1.23 bits per heavy atom. The molecule has 0 aliphatic heterocycles. The number of nitrogens with two attached hydrogens (primary N) is 1. The number of benzene rings is 1. The predicted molar refractivity (Wildman–Crippen MR) is 219 cm³/mol. The van der Waals surface area contributed by atoms with Crippen LogP contribution in [0.15, 0.2) is 36.4 Å². The molecule has 0 saturated carbocycles. The Labute approximate surface area is 340 Å². The number of nitrogens with one attached hydrogen (secondary N) is 1. The van der Waals surface area contributed by atoms with E-state index in [9.17, 15) is 33.6 Å². The van der Waals surface area contributed by atoms with E-state index in [2.05, 4.69) is 11.9 Å². The summed E-state index contributed by atoms with van der Waals surface area (Å²) < 4.78 is 14.5. The number of rotatable bonds is 18. The van der Waals surface area contributed by atoms with E-state index in [0.717, 1.165) is 12.8 Å². The topological polar surface area (TPSA) is 246 Å². The van der Waals surface area contributed by atoms with Crippen molar-refractivity contribution in [2.75, 3.05) is 26.4 Å². The molecule has 0 radical (unpaired) electrons. The number of phenolic OH excluding ortho intramolecular Hbond substituents is 1. The zero-order valence-electron chi connectivity index (χ0n) is 36.7. The van der Waals surface area contributed by atoms with E-state index in [1.54, 1.807) is 46.8 Å². The number of aromatic hydroxyl groups is 1. The fraction of sp³-hybridized carbons (Fsp3) is 0.643. The molecular formula is C42H72N2O13. The molecule has 57 heavy (non-hydrogen) atoms. The minimum absolute atomic E-state index is 0.0128. The Bertz CT molecular complexity index is 1360. The number of phenols is 1. The maximum Gasteiger partial charge on any atom is 0.333 e. The van der Waals surface area contributed by atoms with Gasteiger partial charge in [0, 0.05) is 16.9 Å². The number of primary amides is 1. The van der Waals surface area contributed by atoms with Gasteiger partial charge in [0.25, 0.3) is 0 Å². The summed E-state index contributed by atoms with van der Waals surface area (Å²) in [6.45, 7) is 27.7. The van der Waals surface area contributed by atoms with Crippen molar-refractivity contribution in [3.8, 4) is 5.75 Å². The van der Waals surface area contributed by atoms with Crippen LogP contribution in [0.5, 0.6) is 5.75 Å². The monoisotopic (exact) mass is 813 g/mol. The van der Waals surface area contributed by atoms with Crippen LogP contribution in [0.25, 0.3) is 0 Å². The Kier molecular flexibility index (Phi) is 32.1. The van der Waals surface area contributed by atoms with Crippen LogP contribution in [0.2, 0.25) is 0 Å². The number of esters is 3. The molecule has 15 nitrogen and oxygen atoms in total. The van der Waals surface area contributed by atoms with Crippen LogP contribution in [0, 0.1) is 29.1 Å². The van der Waals surface area contributed by atoms with Gasteiger partial charge in [0.05, 0.1) is 30.2 Å². The van der Waals surface area contributed by atoms with Gasteiger partial charge in [0.1, 0.15) is 25.6 Å². The SMILES string of the molecule is C=C(C)C(=O)OCCNC(=O)C(C)(C)CC.CCC(C)(C)C(=O)O.CCC(C)(C)C(=O)OCCOC(=O)CCC(=O)O.CCC(C)C(N)=O.Cc1ccc(O)cc1. The third kappa shape index (κ3) is 33.0. The van der Waals surface area contributed by atoms with Crippen LogP contribution in [-0.2, 0) is 47.8 Å². The Balaban J connectivity index is -0.000000325. The highest BCUT2D eigenvalue weighted by Crippen LogP contribution is 2.21. The number of ether oxygens (including phenoxy) is 3. The van der Waals surface area contributed by atoms with E-state index in [1.807, 2.05) is 67.5 Å². The van der Waals surface area contributed by atoms with Gasteiger partial charge in [-0.1, -0.05) is 72.7 Å². The van der Waals surface area contributed by atoms with Gasteiger partial charge in [-0.2, -0.15) is 0 Å². The molecule has 15 heteroatoms. The smallest absolute Gasteiger partial charge is 0.333 e. The Hall–Kier alpha value is -4.95. The fourth-order valence-corrected chi connectivity index (χ4v) is 2.64. The second-order valence-electron chi connectivity index (χ2n) is 15.0. The first-order valence-corrected chi connectivity index (χ1v) is 19.0. The molecule has 0 fully saturated rings. The number of carboxylic acids is 2. The first kappa shape index (κ1) is 58.8. The standard InChI is InChI=1S/C12H21NO3.C12H20O6.C7H8O.C6H12O2.C5H11NO/c1-6-12(4,5)11(15)13-7-8-16-10(14)9(2)3;1-4-12(2,3)11(16)18-8-7-17-10(15)6-5-9(13)14;1-6-2-4-7(8)5-3-6;1-4-6(2,3)5(7)8;1-3-4(2)5(6)7/h2,6-8H2,1,3-5H3,(H,13,15);4-8H2,1-3H3,(H,13,14);2-5,8H,1H3;4H2,1-3H3,(H,7,8);4H,3H2,1-2H3,(H2,6,7). The summed E-state index contributed by atoms with van der Waals surface area (Å²) >= 11 is 0. The highest BCUT2D eigenvalue weighted by Gasteiger charge is 2.27. The van der Waals surface area contributed by atoms with Crippen molar-refractivity contribution in [1.82, 2.24) is 5.32 Å². The molecule has 328 valence electrons. The molecule has 2 amide bonds. The van der Waals surface area contributed by atoms with Gasteiger partial charge in [-0.3, -0.25) is 28.8 Å². The van der Waals surface area contributed by atoms with E-state index < -0.39 is 34.7 Å². The molecule has 0 heterocycles. The average Bonchev–Trinajstić information content (AvgIpc) is 3.15. The van der Waals surface area contributed by atoms with E-state index >= 15 is 0 Å². The summed E-state index contributed by atoms with van der Waals surface area (Å²) in [7, 11) is 0. The number of amides is 2. The largest absolute Gasteiger partial charge is 0.508 e. The number of carbonyl (C=O) groups excluding carboxylic acids is 5. The summed E-state index contributed by atoms with van der Waals surface area (Å²) in [4.78, 5) is 75.7. The summed E-state index contributed by atoms with van der Waals surface area (Å²) in [6, 6.07) is 7.09. The first-order valence-electron chi connectivity index (χ1n) is 19.0. The molecule has 0 aliphatic carbocycles. The molecule has 0 aliphatic rings. The molecular weight excluding hydrogens is 740 g/mol. The van der Waals surface area contributed by atoms with E-state index in [4.69, 9.17) is 35.3 Å². The van der Waals surface area contributed by atoms with Gasteiger partial charge in [-0.15, -0.1) is 0 Å². The van der Waals surface area contributed by atoms with Crippen LogP contribution in [0.4, 0.5) is 0 Å². The zero-order chi connectivity index (χ0) is 45.6. The van der Waals surface area contributed by atoms with Crippen molar-refractivity contribution in [2.45, 2.75) is 129 Å². The number of hydrogen-bond acceptors (Lipinski definition) is 11. The van der Waals surface area contributed by atoms with Crippen molar-refractivity contribution in [3.63, 3.8) is 0 Å². The Morgan fingerprint density at radius 1 is 0.754 bits per heavy atom. The molecule has 1 unspecified atom stereocenters. The van der Waals surface area contributed by atoms with Crippen molar-refractivity contribution >= 4 is 41.7 Å². The maximum absolute atomic E-state index is 11.6. The van der Waals surface area contributed by atoms with Gasteiger partial charge in [-0.05, 0) is 79.4 Å². The lowest BCUT2D eigenvalue weighted by atomic mass is 9.89. The molecule has 1 rings (SSSR count). The van der Waals surface area contributed by atoms with Crippen molar-refractivity contribution in [3.05, 3.63) is 42.0 Å². The summed E-state index contributed by atoms with van der Waals surface area (Å²) in [5.41, 5.74) is 4.97. The van der Waals surface area contributed by atoms with Gasteiger partial charge < -0.3 is 40.6 Å². The quantitative estimate of drug-likeness (QED) is 0.0446. The minimum atomic E-state index is -1.05. The summed E-state index contributed by atoms with van der Waals surface area (Å²) in [6.07, 6.45) is 2.51. The highest BCUT2D eigenvalue weighted by molar-refractivity contribution is 5.87. The van der Waals surface area contributed by atoms with E-state index in [1.165, 1.54) is 5.56 Å². The molecule has 0 bridgehead atoms. The molecule has 0 aromatic heterocycles. The third-order valence-electron chi connectivity index (χ3n) is 8.62. The number of carboxylic acid groups (broad SMARTS) is 2. The average molecular weight is 813 g/mol. The number of hydrogen-bond donors (Lipinski definition) is 5. The van der Waals surface area contributed by atoms with Crippen LogP contribution in [0.1, 0.15) is 127 Å². The van der Waals surface area contributed by atoms with Gasteiger partial charge in [-0.25, -0.2) is 4.79 Å². The fourth-order valence-electron chi connectivity index (χ4n) is 2.64. The molecule has 6 N–H and O–H groups in total. The third-order valence-corrected chi connectivity index (χ3v) is 8.62. The Morgan fingerprint density at radius 3 is 1.56 bits per heavy atom. The normalized spacial score (nSPS) is 11.0. The highest BCUT2D eigenvalue weighted by atomic mass is 16.6. The van der Waals surface area contributed by atoms with E-state index in [-0.39, 0.29) is 61.8 Å². The van der Waals surface area contributed by atoms with Crippen LogP contribution in [0.3, 0.4) is 0 Å². The van der Waals surface area contributed by atoms with Crippen LogP contribution >= 0.6 is 0 Å². The number of carbonyl (C=O) groups is 7. The molecule has 0 spiro atoms. The van der Waals surface area contributed by atoms with Crippen LogP contribution < -0.4 is 11.1 Å². The second-order valence-corrected chi connectivity index (χ2v) is 15.0. The lowest BCUT2D eigenvalue weighted by Crippen LogP contribution is -2.38. The second kappa shape index (κ2) is 31.2. The van der Waals surface area contributed by atoms with Crippen molar-refractivity contribution in [2.24, 2.45) is 27.9 Å². The zero-order valence-corrected chi connectivity index (χ0v) is 36.7. The minimum Gasteiger partial charge on any atom is -0.508 e.